The fraction of sp³-hybridized carbons (Fsp3) is 0.429. The summed E-state index contributed by atoms with van der Waals surface area (Å²) in [6, 6.07) is 0. The Morgan fingerprint density at radius 2 is 1.94 bits per heavy atom. The maximum atomic E-state index is 4.81. The van der Waals surface area contributed by atoms with Gasteiger partial charge in [-0.3, -0.25) is 9.98 Å². The van der Waals surface area contributed by atoms with Crippen LogP contribution >= 0.6 is 25.3 Å². The second-order valence-electron chi connectivity index (χ2n) is 4.99. The third-order valence-electron chi connectivity index (χ3n) is 3.81. The highest BCUT2D eigenvalue weighted by atomic mass is 32.1. The molecule has 2 nitrogen and oxygen atoms in total. The van der Waals surface area contributed by atoms with E-state index in [-0.39, 0.29) is 5.25 Å². The molecule has 0 aromatic rings. The van der Waals surface area contributed by atoms with E-state index in [1.807, 2.05) is 6.08 Å². The smallest absolute Gasteiger partial charge is 0.0696 e. The molecule has 0 radical (unpaired) electrons. The van der Waals surface area contributed by atoms with Crippen molar-refractivity contribution in [1.82, 2.24) is 0 Å². The summed E-state index contributed by atoms with van der Waals surface area (Å²) in [5.74, 6) is 0.876. The third kappa shape index (κ3) is 2.01. The van der Waals surface area contributed by atoms with Crippen molar-refractivity contribution in [2.45, 2.75) is 24.5 Å². The lowest BCUT2D eigenvalue weighted by molar-refractivity contribution is 0.697. The summed E-state index contributed by atoms with van der Waals surface area (Å²) < 4.78 is 0. The van der Waals surface area contributed by atoms with Gasteiger partial charge in [-0.2, -0.15) is 12.6 Å². The second kappa shape index (κ2) is 4.74. The molecule has 0 saturated heterocycles. The Balaban J connectivity index is 1.93. The first-order chi connectivity index (χ1) is 8.69. The maximum Gasteiger partial charge on any atom is 0.0696 e. The van der Waals surface area contributed by atoms with Crippen LogP contribution in [0.2, 0.25) is 0 Å². The van der Waals surface area contributed by atoms with Crippen molar-refractivity contribution >= 4 is 37.7 Å². The first-order valence-corrected chi connectivity index (χ1v) is 7.20. The summed E-state index contributed by atoms with van der Waals surface area (Å²) in [5.41, 5.74) is 3.28. The zero-order valence-corrected chi connectivity index (χ0v) is 11.9. The molecule has 4 heteroatoms. The SMILES string of the molecule is C=NC1=C(/N=C2/C=C(S)C(S)CC2)C2C=CC1C2. The fourth-order valence-electron chi connectivity index (χ4n) is 2.84. The molecule has 3 aliphatic rings. The molecule has 0 fully saturated rings. The predicted octanol–water partition coefficient (Wildman–Crippen LogP) is 3.45. The van der Waals surface area contributed by atoms with Gasteiger partial charge in [-0.25, -0.2) is 0 Å². The van der Waals surface area contributed by atoms with E-state index in [4.69, 9.17) is 4.99 Å². The summed E-state index contributed by atoms with van der Waals surface area (Å²) in [7, 11) is 0. The second-order valence-corrected chi connectivity index (χ2v) is 6.13. The summed E-state index contributed by atoms with van der Waals surface area (Å²) in [6.45, 7) is 3.68. The Kier molecular flexibility index (Phi) is 3.24. The topological polar surface area (TPSA) is 24.7 Å². The van der Waals surface area contributed by atoms with Gasteiger partial charge >= 0.3 is 0 Å². The van der Waals surface area contributed by atoms with Gasteiger partial charge in [0.2, 0.25) is 0 Å². The monoisotopic (exact) mass is 276 g/mol. The average Bonchev–Trinajstić information content (AvgIpc) is 2.94. The lowest BCUT2D eigenvalue weighted by Crippen LogP contribution is -2.12. The molecule has 0 aliphatic heterocycles. The number of allylic oxidation sites excluding steroid dienone is 3. The molecule has 0 heterocycles. The third-order valence-corrected chi connectivity index (χ3v) is 4.99. The van der Waals surface area contributed by atoms with Crippen molar-refractivity contribution in [2.75, 3.05) is 0 Å². The molecule has 0 amide bonds. The van der Waals surface area contributed by atoms with Gasteiger partial charge in [-0.15, -0.1) is 12.6 Å². The number of hydrogen-bond acceptors (Lipinski definition) is 4. The van der Waals surface area contributed by atoms with Crippen LogP contribution in [0.5, 0.6) is 0 Å². The highest BCUT2D eigenvalue weighted by molar-refractivity contribution is 7.88. The average molecular weight is 276 g/mol. The lowest BCUT2D eigenvalue weighted by atomic mass is 10.0. The molecule has 3 unspecified atom stereocenters. The van der Waals surface area contributed by atoms with E-state index in [0.29, 0.717) is 11.8 Å². The van der Waals surface area contributed by atoms with Crippen LogP contribution in [0.15, 0.2) is 44.5 Å². The van der Waals surface area contributed by atoms with Gasteiger partial charge < -0.3 is 0 Å². The van der Waals surface area contributed by atoms with Crippen LogP contribution in [0, 0.1) is 11.8 Å². The molecule has 3 aliphatic carbocycles. The highest BCUT2D eigenvalue weighted by Crippen LogP contribution is 2.45. The molecule has 0 N–H and O–H groups in total. The summed E-state index contributed by atoms with van der Waals surface area (Å²) in [6.07, 6.45) is 9.61. The zero-order valence-electron chi connectivity index (χ0n) is 10.1. The van der Waals surface area contributed by atoms with Crippen LogP contribution in [0.1, 0.15) is 19.3 Å². The quantitative estimate of drug-likeness (QED) is 0.439. The molecule has 0 aromatic carbocycles. The van der Waals surface area contributed by atoms with Crippen LogP contribution in [0.25, 0.3) is 0 Å². The van der Waals surface area contributed by atoms with Crippen molar-refractivity contribution < 1.29 is 0 Å². The van der Waals surface area contributed by atoms with Gasteiger partial charge in [-0.1, -0.05) is 12.2 Å². The van der Waals surface area contributed by atoms with E-state index in [0.717, 1.165) is 41.3 Å². The van der Waals surface area contributed by atoms with E-state index in [1.54, 1.807) is 0 Å². The van der Waals surface area contributed by atoms with Crippen molar-refractivity contribution in [3.63, 3.8) is 0 Å². The zero-order chi connectivity index (χ0) is 12.7. The van der Waals surface area contributed by atoms with Gasteiger partial charge in [0.25, 0.3) is 0 Å². The van der Waals surface area contributed by atoms with Crippen molar-refractivity contribution in [3.8, 4) is 0 Å². The van der Waals surface area contributed by atoms with Crippen LogP contribution in [0.3, 0.4) is 0 Å². The Hall–Kier alpha value is -0.740. The minimum Gasteiger partial charge on any atom is -0.267 e. The van der Waals surface area contributed by atoms with Crippen LogP contribution in [0.4, 0.5) is 0 Å². The number of nitrogens with zero attached hydrogens (tertiary/aromatic N) is 2. The molecule has 0 aromatic heterocycles. The Morgan fingerprint density at radius 3 is 2.61 bits per heavy atom. The predicted molar refractivity (Wildman–Crippen MR) is 83.8 cm³/mol. The number of rotatable bonds is 2. The number of thiol groups is 2. The Bertz CT molecular complexity index is 514. The first-order valence-electron chi connectivity index (χ1n) is 6.24. The largest absolute Gasteiger partial charge is 0.267 e. The Labute approximate surface area is 118 Å². The number of aliphatic imine (C=N–C) groups is 2. The van der Waals surface area contributed by atoms with Gasteiger partial charge in [0.05, 0.1) is 11.4 Å². The minimum absolute atomic E-state index is 0.262. The molecular weight excluding hydrogens is 260 g/mol. The van der Waals surface area contributed by atoms with Crippen molar-refractivity contribution in [3.05, 3.63) is 34.5 Å². The molecule has 2 bridgehead atoms. The fourth-order valence-corrected chi connectivity index (χ4v) is 3.32. The summed E-state index contributed by atoms with van der Waals surface area (Å²) >= 11 is 8.92. The molecule has 3 atom stereocenters. The van der Waals surface area contributed by atoms with Crippen molar-refractivity contribution in [1.29, 1.82) is 0 Å². The highest BCUT2D eigenvalue weighted by Gasteiger charge is 2.35. The van der Waals surface area contributed by atoms with Crippen LogP contribution in [-0.4, -0.2) is 17.7 Å². The first kappa shape index (κ1) is 12.3. The summed E-state index contributed by atoms with van der Waals surface area (Å²) in [5, 5.41) is 0.262. The summed E-state index contributed by atoms with van der Waals surface area (Å²) in [4.78, 5) is 9.98. The lowest BCUT2D eigenvalue weighted by Gasteiger charge is -2.18. The molecule has 0 saturated carbocycles. The van der Waals surface area contributed by atoms with Crippen LogP contribution in [-0.2, 0) is 0 Å². The van der Waals surface area contributed by atoms with Gasteiger partial charge in [0.15, 0.2) is 0 Å². The Morgan fingerprint density at radius 1 is 1.22 bits per heavy atom. The minimum atomic E-state index is 0.262. The molecule has 94 valence electrons. The van der Waals surface area contributed by atoms with E-state index >= 15 is 0 Å². The molecule has 18 heavy (non-hydrogen) atoms. The molecular formula is C14H16N2S2. The van der Waals surface area contributed by atoms with E-state index in [2.05, 4.69) is 49.1 Å². The van der Waals surface area contributed by atoms with Gasteiger partial charge in [0.1, 0.15) is 0 Å². The van der Waals surface area contributed by atoms with Gasteiger partial charge in [0, 0.05) is 22.8 Å². The number of fused-ring (bicyclic) bond motifs is 2. The normalized spacial score (nSPS) is 36.4. The standard InChI is InChI=1S/C14H16N2S2/c1-15-13-8-2-3-9(6-8)14(13)16-10-4-5-11(17)12(18)7-10/h2-3,7-9,11,17-18H,1,4-6H2/b16-10+. The van der Waals surface area contributed by atoms with Gasteiger partial charge in [-0.05, 0) is 37.0 Å². The maximum absolute atomic E-state index is 4.81. The number of hydrogen-bond donors (Lipinski definition) is 2. The van der Waals surface area contributed by atoms with E-state index < -0.39 is 0 Å². The molecule has 0 spiro atoms. The van der Waals surface area contributed by atoms with Crippen molar-refractivity contribution in [2.24, 2.45) is 21.8 Å². The van der Waals surface area contributed by atoms with E-state index in [9.17, 15) is 0 Å². The van der Waals surface area contributed by atoms with Crippen LogP contribution < -0.4 is 0 Å². The molecule has 3 rings (SSSR count). The van der Waals surface area contributed by atoms with E-state index in [1.165, 1.54) is 0 Å².